The van der Waals surface area contributed by atoms with Crippen molar-refractivity contribution in [3.63, 3.8) is 0 Å². The van der Waals surface area contributed by atoms with Crippen molar-refractivity contribution in [1.82, 2.24) is 15.0 Å². The second-order valence-corrected chi connectivity index (χ2v) is 7.72. The van der Waals surface area contributed by atoms with Gasteiger partial charge in [0.25, 0.3) is 0 Å². The first kappa shape index (κ1) is 20.2. The maximum atomic E-state index is 13.7. The van der Waals surface area contributed by atoms with E-state index in [-0.39, 0.29) is 5.82 Å². The number of aromatic amines is 1. The van der Waals surface area contributed by atoms with Crippen LogP contribution in [0.4, 0.5) is 28.9 Å². The molecule has 4 nitrogen and oxygen atoms in total. The van der Waals surface area contributed by atoms with E-state index in [0.717, 1.165) is 23.5 Å². The number of halogens is 4. The van der Waals surface area contributed by atoms with Crippen molar-refractivity contribution in [3.05, 3.63) is 77.6 Å². The molecule has 0 fully saturated rings. The summed E-state index contributed by atoms with van der Waals surface area (Å²) in [4.78, 5) is 11.5. The van der Waals surface area contributed by atoms with Crippen LogP contribution in [0, 0.1) is 12.7 Å². The second kappa shape index (κ2) is 7.98. The SMILES string of the molecule is Cc1ccc(Nc2ccc3[nH]c(CSc4ccnc(C(F)(F)F)c4)nc3c2)cc1F. The first-order valence-electron chi connectivity index (χ1n) is 8.96. The predicted molar refractivity (Wildman–Crippen MR) is 109 cm³/mol. The number of thioether (sulfide) groups is 1. The average molecular weight is 432 g/mol. The summed E-state index contributed by atoms with van der Waals surface area (Å²) in [5.74, 6) is 0.728. The number of hydrogen-bond donors (Lipinski definition) is 2. The number of pyridine rings is 1. The number of fused-ring (bicyclic) bond motifs is 1. The zero-order valence-corrected chi connectivity index (χ0v) is 16.5. The van der Waals surface area contributed by atoms with Crippen molar-refractivity contribution in [2.24, 2.45) is 0 Å². The van der Waals surface area contributed by atoms with Gasteiger partial charge in [0.05, 0.1) is 16.8 Å². The van der Waals surface area contributed by atoms with Gasteiger partial charge in [0, 0.05) is 22.5 Å². The Morgan fingerprint density at radius 2 is 1.80 bits per heavy atom. The minimum absolute atomic E-state index is 0.287. The number of aromatic nitrogens is 3. The minimum atomic E-state index is -4.47. The summed E-state index contributed by atoms with van der Waals surface area (Å²) in [6.45, 7) is 1.70. The molecule has 0 atom stereocenters. The lowest BCUT2D eigenvalue weighted by Crippen LogP contribution is -2.07. The molecule has 2 N–H and O–H groups in total. The van der Waals surface area contributed by atoms with Gasteiger partial charge in [-0.3, -0.25) is 4.98 Å². The van der Waals surface area contributed by atoms with Crippen molar-refractivity contribution in [1.29, 1.82) is 0 Å². The highest BCUT2D eigenvalue weighted by Crippen LogP contribution is 2.31. The Bertz CT molecular complexity index is 1200. The molecule has 2 heterocycles. The lowest BCUT2D eigenvalue weighted by Gasteiger charge is -2.07. The highest BCUT2D eigenvalue weighted by Gasteiger charge is 2.32. The largest absolute Gasteiger partial charge is 0.433 e. The van der Waals surface area contributed by atoms with Gasteiger partial charge in [-0.25, -0.2) is 9.37 Å². The smallest absolute Gasteiger partial charge is 0.355 e. The normalized spacial score (nSPS) is 11.8. The molecule has 0 bridgehead atoms. The molecule has 0 saturated heterocycles. The predicted octanol–water partition coefficient (Wildman–Crippen LogP) is 6.46. The number of aryl methyl sites for hydroxylation is 1. The molecule has 0 spiro atoms. The zero-order chi connectivity index (χ0) is 21.3. The number of imidazole rings is 1. The highest BCUT2D eigenvalue weighted by atomic mass is 32.2. The Morgan fingerprint density at radius 3 is 2.57 bits per heavy atom. The summed E-state index contributed by atoms with van der Waals surface area (Å²) in [7, 11) is 0. The number of anilines is 2. The van der Waals surface area contributed by atoms with E-state index in [1.54, 1.807) is 19.1 Å². The summed E-state index contributed by atoms with van der Waals surface area (Å²) >= 11 is 1.24. The molecular formula is C21H16F4N4S. The summed E-state index contributed by atoms with van der Waals surface area (Å²) in [6, 6.07) is 13.0. The fourth-order valence-electron chi connectivity index (χ4n) is 2.85. The van der Waals surface area contributed by atoms with Crippen LogP contribution in [0.2, 0.25) is 0 Å². The summed E-state index contributed by atoms with van der Waals surface area (Å²) in [6.07, 6.45) is -3.32. The Labute approximate surface area is 173 Å². The molecule has 9 heteroatoms. The van der Waals surface area contributed by atoms with Crippen LogP contribution < -0.4 is 5.32 Å². The Morgan fingerprint density at radius 1 is 1.03 bits per heavy atom. The third kappa shape index (κ3) is 4.56. The van der Waals surface area contributed by atoms with Gasteiger partial charge in [0.2, 0.25) is 0 Å². The van der Waals surface area contributed by atoms with Crippen molar-refractivity contribution in [2.45, 2.75) is 23.7 Å². The van der Waals surface area contributed by atoms with Gasteiger partial charge >= 0.3 is 6.18 Å². The summed E-state index contributed by atoms with van der Waals surface area (Å²) in [5.41, 5.74) is 2.54. The number of benzene rings is 2. The number of alkyl halides is 3. The van der Waals surface area contributed by atoms with E-state index in [1.165, 1.54) is 23.9 Å². The highest BCUT2D eigenvalue weighted by molar-refractivity contribution is 7.98. The minimum Gasteiger partial charge on any atom is -0.355 e. The molecule has 0 unspecified atom stereocenters. The molecule has 0 amide bonds. The van der Waals surface area contributed by atoms with Crippen LogP contribution in [-0.4, -0.2) is 15.0 Å². The van der Waals surface area contributed by atoms with Gasteiger partial charge in [0.15, 0.2) is 0 Å². The molecule has 154 valence electrons. The van der Waals surface area contributed by atoms with E-state index >= 15 is 0 Å². The first-order valence-corrected chi connectivity index (χ1v) is 9.94. The maximum absolute atomic E-state index is 13.7. The number of nitrogens with zero attached hydrogens (tertiary/aromatic N) is 2. The summed E-state index contributed by atoms with van der Waals surface area (Å²) < 4.78 is 52.1. The van der Waals surface area contributed by atoms with Gasteiger partial charge in [-0.2, -0.15) is 13.2 Å². The first-order chi connectivity index (χ1) is 14.3. The van der Waals surface area contributed by atoms with E-state index in [1.807, 2.05) is 18.2 Å². The van der Waals surface area contributed by atoms with Gasteiger partial charge in [0.1, 0.15) is 17.3 Å². The molecule has 0 radical (unpaired) electrons. The molecule has 2 aromatic carbocycles. The van der Waals surface area contributed by atoms with Gasteiger partial charge in [-0.15, -0.1) is 11.8 Å². The number of hydrogen-bond acceptors (Lipinski definition) is 4. The maximum Gasteiger partial charge on any atom is 0.433 e. The molecular weight excluding hydrogens is 416 g/mol. The fraction of sp³-hybridized carbons (Fsp3) is 0.143. The van der Waals surface area contributed by atoms with Crippen LogP contribution in [-0.2, 0) is 11.9 Å². The van der Waals surface area contributed by atoms with E-state index < -0.39 is 11.9 Å². The van der Waals surface area contributed by atoms with Crippen LogP contribution in [0.5, 0.6) is 0 Å². The van der Waals surface area contributed by atoms with Crippen molar-refractivity contribution in [3.8, 4) is 0 Å². The van der Waals surface area contributed by atoms with Crippen LogP contribution in [0.25, 0.3) is 11.0 Å². The molecule has 0 aliphatic rings. The molecule has 0 aliphatic carbocycles. The Balaban J connectivity index is 1.48. The van der Waals surface area contributed by atoms with Crippen LogP contribution in [0.15, 0.2) is 59.6 Å². The standard InChI is InChI=1S/C21H16F4N4S/c1-12-2-3-13(8-16(12)22)27-14-4-5-17-18(9-14)29-20(28-17)11-30-15-6-7-26-19(10-15)21(23,24)25/h2-10,27H,11H2,1H3,(H,28,29). The van der Waals surface area contributed by atoms with E-state index in [2.05, 4.69) is 20.3 Å². The summed E-state index contributed by atoms with van der Waals surface area (Å²) in [5, 5.41) is 3.14. The zero-order valence-electron chi connectivity index (χ0n) is 15.7. The Hall–Kier alpha value is -3.07. The van der Waals surface area contributed by atoms with Crippen LogP contribution in [0.3, 0.4) is 0 Å². The van der Waals surface area contributed by atoms with E-state index in [4.69, 9.17) is 0 Å². The Kier molecular flexibility index (Phi) is 5.38. The van der Waals surface area contributed by atoms with Crippen LogP contribution in [0.1, 0.15) is 17.1 Å². The molecule has 0 saturated carbocycles. The molecule has 30 heavy (non-hydrogen) atoms. The third-order valence-corrected chi connectivity index (χ3v) is 5.40. The van der Waals surface area contributed by atoms with Crippen molar-refractivity contribution < 1.29 is 17.6 Å². The number of nitrogens with one attached hydrogen (secondary N) is 2. The monoisotopic (exact) mass is 432 g/mol. The quantitative estimate of drug-likeness (QED) is 0.281. The van der Waals surface area contributed by atoms with Gasteiger partial charge < -0.3 is 10.3 Å². The lowest BCUT2D eigenvalue weighted by atomic mass is 10.2. The molecule has 4 rings (SSSR count). The molecule has 0 aliphatic heterocycles. The van der Waals surface area contributed by atoms with Gasteiger partial charge in [-0.1, -0.05) is 6.07 Å². The van der Waals surface area contributed by atoms with Crippen molar-refractivity contribution in [2.75, 3.05) is 5.32 Å². The number of rotatable bonds is 5. The third-order valence-electron chi connectivity index (χ3n) is 4.39. The molecule has 2 aromatic heterocycles. The topological polar surface area (TPSA) is 53.6 Å². The molecule has 4 aromatic rings. The van der Waals surface area contributed by atoms with E-state index in [0.29, 0.717) is 33.2 Å². The van der Waals surface area contributed by atoms with E-state index in [9.17, 15) is 17.6 Å². The van der Waals surface area contributed by atoms with Crippen LogP contribution >= 0.6 is 11.8 Å². The lowest BCUT2D eigenvalue weighted by molar-refractivity contribution is -0.141. The van der Waals surface area contributed by atoms with Gasteiger partial charge in [-0.05, 0) is 55.0 Å². The number of H-pyrrole nitrogens is 1. The second-order valence-electron chi connectivity index (χ2n) is 6.67. The van der Waals surface area contributed by atoms with Crippen molar-refractivity contribution >= 4 is 34.2 Å². The fourth-order valence-corrected chi connectivity index (χ4v) is 3.64. The average Bonchev–Trinajstić information content (AvgIpc) is 3.11.